The normalized spacial score (nSPS) is 13.3. The summed E-state index contributed by atoms with van der Waals surface area (Å²) in [4.78, 5) is 14.1. The Hall–Kier alpha value is -2.04. The van der Waals surface area contributed by atoms with Gasteiger partial charge in [-0.05, 0) is 24.8 Å². The van der Waals surface area contributed by atoms with Crippen molar-refractivity contribution in [2.75, 3.05) is 7.05 Å². The van der Waals surface area contributed by atoms with Crippen LogP contribution < -0.4 is 5.73 Å². The number of amidine groups is 1. The molecule has 0 aliphatic carbocycles. The van der Waals surface area contributed by atoms with Crippen LogP contribution in [0.25, 0.3) is 0 Å². The largest absolute Gasteiger partial charge is 0.409 e. The average molecular weight is 291 g/mol. The van der Waals surface area contributed by atoms with Gasteiger partial charge >= 0.3 is 0 Å². The Morgan fingerprint density at radius 3 is 2.33 bits per heavy atom. The third kappa shape index (κ3) is 5.10. The highest BCUT2D eigenvalue weighted by atomic mass is 16.4. The molecule has 5 nitrogen and oxygen atoms in total. The monoisotopic (exact) mass is 291 g/mol. The van der Waals surface area contributed by atoms with Crippen molar-refractivity contribution in [2.24, 2.45) is 16.8 Å². The van der Waals surface area contributed by atoms with Crippen LogP contribution in [0.5, 0.6) is 0 Å². The molecule has 3 N–H and O–H groups in total. The van der Waals surface area contributed by atoms with Gasteiger partial charge in [0.15, 0.2) is 5.84 Å². The molecular weight excluding hydrogens is 266 g/mol. The van der Waals surface area contributed by atoms with E-state index in [0.29, 0.717) is 17.9 Å². The summed E-state index contributed by atoms with van der Waals surface area (Å²) >= 11 is 0. The minimum Gasteiger partial charge on any atom is -0.409 e. The highest BCUT2D eigenvalue weighted by Crippen LogP contribution is 2.12. The lowest BCUT2D eigenvalue weighted by molar-refractivity contribution is -0.131. The maximum absolute atomic E-state index is 12.2. The Bertz CT molecular complexity index is 495. The number of benzene rings is 1. The first-order valence-corrected chi connectivity index (χ1v) is 7.17. The molecule has 0 spiro atoms. The zero-order valence-electron chi connectivity index (χ0n) is 13.2. The van der Waals surface area contributed by atoms with Crippen molar-refractivity contribution in [1.29, 1.82) is 0 Å². The van der Waals surface area contributed by atoms with Gasteiger partial charge in [-0.15, -0.1) is 0 Å². The zero-order valence-corrected chi connectivity index (χ0v) is 13.2. The zero-order chi connectivity index (χ0) is 16.0. The minimum atomic E-state index is 0.0653. The smallest absolute Gasteiger partial charge is 0.226 e. The summed E-state index contributed by atoms with van der Waals surface area (Å²) in [6.45, 7) is 6.38. The molecule has 0 aromatic heterocycles. The Balaban J connectivity index is 2.66. The second kappa shape index (κ2) is 7.67. The predicted octanol–water partition coefficient (Wildman–Crippen LogP) is 2.22. The highest BCUT2D eigenvalue weighted by molar-refractivity contribution is 5.97. The number of nitrogens with zero attached hydrogens (tertiary/aromatic N) is 2. The van der Waals surface area contributed by atoms with E-state index in [1.54, 1.807) is 17.0 Å². The molecule has 0 saturated carbocycles. The Labute approximate surface area is 126 Å². The molecule has 0 bridgehead atoms. The Morgan fingerprint density at radius 1 is 1.29 bits per heavy atom. The van der Waals surface area contributed by atoms with Crippen molar-refractivity contribution >= 4 is 11.7 Å². The van der Waals surface area contributed by atoms with Crippen LogP contribution >= 0.6 is 0 Å². The molecule has 1 rings (SSSR count). The summed E-state index contributed by atoms with van der Waals surface area (Å²) < 4.78 is 0. The van der Waals surface area contributed by atoms with Gasteiger partial charge in [0.05, 0.1) is 6.42 Å². The van der Waals surface area contributed by atoms with Crippen LogP contribution in [0.4, 0.5) is 0 Å². The fraction of sp³-hybridized carbons (Fsp3) is 0.500. The average Bonchev–Trinajstić information content (AvgIpc) is 2.45. The van der Waals surface area contributed by atoms with Gasteiger partial charge in [0, 0.05) is 18.7 Å². The summed E-state index contributed by atoms with van der Waals surface area (Å²) in [6.07, 6.45) is 1.35. The van der Waals surface area contributed by atoms with Crippen molar-refractivity contribution in [3.63, 3.8) is 0 Å². The first-order valence-electron chi connectivity index (χ1n) is 7.17. The molecule has 0 heterocycles. The van der Waals surface area contributed by atoms with E-state index in [4.69, 9.17) is 10.9 Å². The van der Waals surface area contributed by atoms with E-state index in [2.05, 4.69) is 25.9 Å². The van der Waals surface area contributed by atoms with E-state index in [1.165, 1.54) is 0 Å². The van der Waals surface area contributed by atoms with Gasteiger partial charge in [-0.2, -0.15) is 0 Å². The summed E-state index contributed by atoms with van der Waals surface area (Å²) in [6, 6.07) is 7.37. The van der Waals surface area contributed by atoms with E-state index in [-0.39, 0.29) is 17.8 Å². The highest BCUT2D eigenvalue weighted by Gasteiger charge is 2.17. The summed E-state index contributed by atoms with van der Waals surface area (Å²) in [5.41, 5.74) is 7.05. The molecule has 0 radical (unpaired) electrons. The molecule has 1 unspecified atom stereocenters. The second-order valence-electron chi connectivity index (χ2n) is 5.84. The molecule has 116 valence electrons. The second-order valence-corrected chi connectivity index (χ2v) is 5.84. The molecule has 1 atom stereocenters. The van der Waals surface area contributed by atoms with Crippen LogP contribution in [0.15, 0.2) is 29.4 Å². The van der Waals surface area contributed by atoms with E-state index in [0.717, 1.165) is 12.0 Å². The molecule has 21 heavy (non-hydrogen) atoms. The van der Waals surface area contributed by atoms with Crippen LogP contribution in [0.2, 0.25) is 0 Å². The van der Waals surface area contributed by atoms with Crippen molar-refractivity contribution in [3.05, 3.63) is 35.4 Å². The van der Waals surface area contributed by atoms with Crippen molar-refractivity contribution in [1.82, 2.24) is 4.90 Å². The molecule has 1 amide bonds. The number of carbonyl (C=O) groups excluding carboxylic acids is 1. The van der Waals surface area contributed by atoms with Crippen LogP contribution in [0, 0.1) is 5.92 Å². The number of likely N-dealkylation sites (N-methyl/N-ethyl adjacent to an activating group) is 1. The molecular formula is C16H25N3O2. The van der Waals surface area contributed by atoms with Crippen molar-refractivity contribution in [3.8, 4) is 0 Å². The van der Waals surface area contributed by atoms with E-state index in [9.17, 15) is 4.79 Å². The number of carbonyl (C=O) groups is 1. The lowest BCUT2D eigenvalue weighted by atomic mass is 10.0. The third-order valence-electron chi connectivity index (χ3n) is 3.58. The van der Waals surface area contributed by atoms with Gasteiger partial charge in [0.25, 0.3) is 0 Å². The topological polar surface area (TPSA) is 78.9 Å². The molecule has 1 aromatic carbocycles. The first-order chi connectivity index (χ1) is 9.85. The maximum atomic E-state index is 12.2. The molecule has 0 aliphatic heterocycles. The first kappa shape index (κ1) is 17.0. The van der Waals surface area contributed by atoms with E-state index >= 15 is 0 Å². The molecule has 5 heteroatoms. The van der Waals surface area contributed by atoms with Gasteiger partial charge in [-0.1, -0.05) is 43.3 Å². The standard InChI is InChI=1S/C16H25N3O2/c1-11(2)9-12(3)19(4)15(20)10-13-5-7-14(8-6-13)16(17)18-21/h5-8,11-12,21H,9-10H2,1-4H3,(H2,17,18). The minimum absolute atomic E-state index is 0.0653. The number of hydrogen-bond donors (Lipinski definition) is 2. The fourth-order valence-electron chi connectivity index (χ4n) is 2.24. The lowest BCUT2D eigenvalue weighted by Gasteiger charge is -2.26. The number of amides is 1. The third-order valence-corrected chi connectivity index (χ3v) is 3.58. The van der Waals surface area contributed by atoms with Crippen LogP contribution in [-0.2, 0) is 11.2 Å². The SMILES string of the molecule is CC(C)CC(C)N(C)C(=O)Cc1ccc(C(N)=NO)cc1. The van der Waals surface area contributed by atoms with Gasteiger partial charge in [0.2, 0.25) is 5.91 Å². The number of rotatable bonds is 6. The van der Waals surface area contributed by atoms with Crippen molar-refractivity contribution < 1.29 is 10.0 Å². The maximum Gasteiger partial charge on any atom is 0.226 e. The fourth-order valence-corrected chi connectivity index (χ4v) is 2.24. The van der Waals surface area contributed by atoms with Gasteiger partial charge in [0.1, 0.15) is 0 Å². The number of oxime groups is 1. The summed E-state index contributed by atoms with van der Waals surface area (Å²) in [5.74, 6) is 0.727. The van der Waals surface area contributed by atoms with E-state index in [1.807, 2.05) is 19.2 Å². The molecule has 0 saturated heterocycles. The van der Waals surface area contributed by atoms with Gasteiger partial charge in [-0.25, -0.2) is 0 Å². The van der Waals surface area contributed by atoms with Crippen LogP contribution in [0.1, 0.15) is 38.3 Å². The molecule has 0 aliphatic rings. The number of hydrogen-bond acceptors (Lipinski definition) is 3. The van der Waals surface area contributed by atoms with Gasteiger partial charge < -0.3 is 15.8 Å². The van der Waals surface area contributed by atoms with Crippen molar-refractivity contribution in [2.45, 2.75) is 39.7 Å². The number of nitrogens with two attached hydrogens (primary N) is 1. The van der Waals surface area contributed by atoms with Crippen LogP contribution in [0.3, 0.4) is 0 Å². The molecule has 0 fully saturated rings. The predicted molar refractivity (Wildman–Crippen MR) is 84.3 cm³/mol. The van der Waals surface area contributed by atoms with Crippen LogP contribution in [-0.4, -0.2) is 34.9 Å². The van der Waals surface area contributed by atoms with Gasteiger partial charge in [-0.3, -0.25) is 4.79 Å². The lowest BCUT2D eigenvalue weighted by Crippen LogP contribution is -2.36. The van der Waals surface area contributed by atoms with E-state index < -0.39 is 0 Å². The molecule has 1 aromatic rings. The quantitative estimate of drug-likeness (QED) is 0.365. The summed E-state index contributed by atoms with van der Waals surface area (Å²) in [5, 5.41) is 11.6. The Kier molecular flexibility index (Phi) is 6.21. The Morgan fingerprint density at radius 2 is 1.86 bits per heavy atom. The summed E-state index contributed by atoms with van der Waals surface area (Å²) in [7, 11) is 1.85.